The van der Waals surface area contributed by atoms with Crippen molar-refractivity contribution in [2.75, 3.05) is 0 Å². The minimum atomic E-state index is -0.372. The first-order valence-corrected chi connectivity index (χ1v) is 4.25. The second kappa shape index (κ2) is 2.28. The summed E-state index contributed by atoms with van der Waals surface area (Å²) in [6.07, 6.45) is 3.38. The lowest BCUT2D eigenvalue weighted by Gasteiger charge is -1.84. The summed E-state index contributed by atoms with van der Waals surface area (Å²) >= 11 is 0. The number of halogens is 1. The Morgan fingerprint density at radius 1 is 1.46 bits per heavy atom. The lowest BCUT2D eigenvalue weighted by molar-refractivity contribution is 0.523. The van der Waals surface area contributed by atoms with Crippen LogP contribution in [0.4, 0.5) is 4.39 Å². The summed E-state index contributed by atoms with van der Waals surface area (Å²) in [4.78, 5) is 7.97. The summed E-state index contributed by atoms with van der Waals surface area (Å²) in [7, 11) is 0. The number of hydrogen-bond donors (Lipinski definition) is 0. The molecule has 1 fully saturated rings. The lowest BCUT2D eigenvalue weighted by atomic mass is 10.4. The van der Waals surface area contributed by atoms with Gasteiger partial charge in [0.05, 0.1) is 6.20 Å². The highest BCUT2D eigenvalue weighted by Crippen LogP contribution is 2.40. The summed E-state index contributed by atoms with van der Waals surface area (Å²) in [5.74, 6) is 0.772. The van der Waals surface area contributed by atoms with E-state index < -0.39 is 0 Å². The first kappa shape index (κ1) is 7.00. The van der Waals surface area contributed by atoms with Crippen molar-refractivity contribution >= 4 is 11.2 Å². The smallest absolute Gasteiger partial charge is 0.247 e. The molecule has 1 saturated carbocycles. The van der Waals surface area contributed by atoms with Gasteiger partial charge in [0.25, 0.3) is 0 Å². The van der Waals surface area contributed by atoms with Gasteiger partial charge in [-0.1, -0.05) is 0 Å². The van der Waals surface area contributed by atoms with Crippen LogP contribution in [-0.4, -0.2) is 9.97 Å². The highest BCUT2D eigenvalue weighted by Gasteiger charge is 2.29. The molecule has 0 unspecified atom stereocenters. The number of nitrogens with zero attached hydrogens (tertiary/aromatic N) is 2. The Balaban J connectivity index is 2.20. The minimum absolute atomic E-state index is 0.372. The van der Waals surface area contributed by atoms with Gasteiger partial charge in [0.2, 0.25) is 11.6 Å². The van der Waals surface area contributed by atoms with Crippen LogP contribution < -0.4 is 0 Å². The number of aromatic nitrogens is 2. The van der Waals surface area contributed by atoms with Gasteiger partial charge >= 0.3 is 0 Å². The number of hydrogen-bond acceptors (Lipinski definition) is 3. The Morgan fingerprint density at radius 3 is 3.08 bits per heavy atom. The fraction of sp³-hybridized carbons (Fsp3) is 0.333. The minimum Gasteiger partial charge on any atom is -0.422 e. The van der Waals surface area contributed by atoms with Crippen LogP contribution in [0.5, 0.6) is 0 Å². The van der Waals surface area contributed by atoms with Gasteiger partial charge in [-0.2, -0.15) is 0 Å². The lowest BCUT2D eigenvalue weighted by Crippen LogP contribution is -1.78. The molecule has 1 aliphatic rings. The Kier molecular flexibility index (Phi) is 1.23. The van der Waals surface area contributed by atoms with E-state index in [1.165, 1.54) is 6.07 Å². The van der Waals surface area contributed by atoms with Crippen molar-refractivity contribution in [1.82, 2.24) is 9.97 Å². The molecular weight excluding hydrogens is 171 g/mol. The maximum Gasteiger partial charge on any atom is 0.247 e. The van der Waals surface area contributed by atoms with E-state index in [9.17, 15) is 4.39 Å². The average molecular weight is 178 g/mol. The molecule has 0 bridgehead atoms. The molecule has 3 rings (SSSR count). The van der Waals surface area contributed by atoms with Crippen molar-refractivity contribution in [2.24, 2.45) is 0 Å². The first-order valence-electron chi connectivity index (χ1n) is 4.25. The van der Waals surface area contributed by atoms with E-state index in [4.69, 9.17) is 4.42 Å². The third-order valence-electron chi connectivity index (χ3n) is 2.16. The molecule has 0 atom stereocenters. The molecule has 0 aliphatic heterocycles. The Hall–Kier alpha value is -1.45. The van der Waals surface area contributed by atoms with Gasteiger partial charge in [0.1, 0.15) is 11.3 Å². The van der Waals surface area contributed by atoms with E-state index >= 15 is 0 Å². The molecule has 0 radical (unpaired) electrons. The third-order valence-corrected chi connectivity index (χ3v) is 2.16. The van der Waals surface area contributed by atoms with E-state index in [1.54, 1.807) is 0 Å². The van der Waals surface area contributed by atoms with Crippen LogP contribution in [0.15, 0.2) is 16.7 Å². The molecule has 2 heterocycles. The maximum absolute atomic E-state index is 12.7. The summed E-state index contributed by atoms with van der Waals surface area (Å²) in [6.45, 7) is 0. The topological polar surface area (TPSA) is 38.9 Å². The van der Waals surface area contributed by atoms with Crippen molar-refractivity contribution in [2.45, 2.75) is 18.8 Å². The molecule has 1 aliphatic carbocycles. The molecule has 66 valence electrons. The molecular formula is C9H7FN2O. The predicted molar refractivity (Wildman–Crippen MR) is 43.7 cm³/mol. The molecule has 2 aromatic heterocycles. The summed E-state index contributed by atoms with van der Waals surface area (Å²) in [6, 6.07) is 1.34. The molecule has 0 aromatic carbocycles. The average Bonchev–Trinajstić information content (AvgIpc) is 2.87. The SMILES string of the molecule is Fc1cnc2oc(C3CC3)nc2c1. The van der Waals surface area contributed by atoms with Crippen molar-refractivity contribution in [3.63, 3.8) is 0 Å². The van der Waals surface area contributed by atoms with E-state index in [2.05, 4.69) is 9.97 Å². The van der Waals surface area contributed by atoms with Crippen LogP contribution in [0.2, 0.25) is 0 Å². The quantitative estimate of drug-likeness (QED) is 0.672. The number of fused-ring (bicyclic) bond motifs is 1. The van der Waals surface area contributed by atoms with Gasteiger partial charge in [-0.15, -0.1) is 0 Å². The van der Waals surface area contributed by atoms with E-state index in [-0.39, 0.29) is 5.82 Å². The molecule has 0 saturated heterocycles. The van der Waals surface area contributed by atoms with Crippen molar-refractivity contribution in [1.29, 1.82) is 0 Å². The van der Waals surface area contributed by atoms with Crippen LogP contribution in [0.25, 0.3) is 11.2 Å². The molecule has 4 heteroatoms. The van der Waals surface area contributed by atoms with Crippen LogP contribution >= 0.6 is 0 Å². The monoisotopic (exact) mass is 178 g/mol. The van der Waals surface area contributed by atoms with Crippen LogP contribution in [0.1, 0.15) is 24.7 Å². The Labute approximate surface area is 73.6 Å². The van der Waals surface area contributed by atoms with Crippen molar-refractivity contribution < 1.29 is 8.81 Å². The zero-order valence-electron chi connectivity index (χ0n) is 6.83. The summed E-state index contributed by atoms with van der Waals surface area (Å²) in [5, 5.41) is 0. The van der Waals surface area contributed by atoms with Crippen molar-refractivity contribution in [3.8, 4) is 0 Å². The largest absolute Gasteiger partial charge is 0.422 e. The predicted octanol–water partition coefficient (Wildman–Crippen LogP) is 2.24. The highest BCUT2D eigenvalue weighted by molar-refractivity contribution is 5.67. The summed E-state index contributed by atoms with van der Waals surface area (Å²) in [5.41, 5.74) is 0.949. The molecule has 3 nitrogen and oxygen atoms in total. The van der Waals surface area contributed by atoms with Gasteiger partial charge in [-0.25, -0.2) is 14.4 Å². The van der Waals surface area contributed by atoms with Crippen LogP contribution in [0.3, 0.4) is 0 Å². The molecule has 0 N–H and O–H groups in total. The first-order chi connectivity index (χ1) is 6.33. The van der Waals surface area contributed by atoms with Gasteiger partial charge in [0, 0.05) is 12.0 Å². The summed E-state index contributed by atoms with van der Waals surface area (Å²) < 4.78 is 18.1. The van der Waals surface area contributed by atoms with Gasteiger partial charge in [-0.05, 0) is 12.8 Å². The van der Waals surface area contributed by atoms with Gasteiger partial charge < -0.3 is 4.42 Å². The zero-order chi connectivity index (χ0) is 8.84. The molecule has 13 heavy (non-hydrogen) atoms. The number of oxazole rings is 1. The molecule has 0 amide bonds. The maximum atomic E-state index is 12.7. The standard InChI is InChI=1S/C9H7FN2O/c10-6-3-7-9(11-4-6)13-8(12-7)5-1-2-5/h3-5H,1-2H2. The third kappa shape index (κ3) is 1.09. The number of rotatable bonds is 1. The van der Waals surface area contributed by atoms with Crippen molar-refractivity contribution in [3.05, 3.63) is 24.0 Å². The highest BCUT2D eigenvalue weighted by atomic mass is 19.1. The fourth-order valence-corrected chi connectivity index (χ4v) is 1.32. The molecule has 0 spiro atoms. The van der Waals surface area contributed by atoms with Crippen LogP contribution in [0, 0.1) is 5.82 Å². The van der Waals surface area contributed by atoms with E-state index in [0.717, 1.165) is 19.0 Å². The van der Waals surface area contributed by atoms with Gasteiger partial charge in [0.15, 0.2) is 0 Å². The second-order valence-electron chi connectivity index (χ2n) is 3.30. The molecule has 2 aromatic rings. The fourth-order valence-electron chi connectivity index (χ4n) is 1.32. The Bertz CT molecular complexity index is 462. The van der Waals surface area contributed by atoms with Crippen LogP contribution in [-0.2, 0) is 0 Å². The zero-order valence-corrected chi connectivity index (χ0v) is 6.83. The van der Waals surface area contributed by atoms with Gasteiger partial charge in [-0.3, -0.25) is 0 Å². The number of pyridine rings is 1. The second-order valence-corrected chi connectivity index (χ2v) is 3.30. The van der Waals surface area contributed by atoms with E-state index in [1.807, 2.05) is 0 Å². The Morgan fingerprint density at radius 2 is 2.31 bits per heavy atom. The normalized spacial score (nSPS) is 16.7. The van der Waals surface area contributed by atoms with E-state index in [0.29, 0.717) is 23.0 Å².